The van der Waals surface area contributed by atoms with Crippen LogP contribution in [0.15, 0.2) is 46.7 Å². The second kappa shape index (κ2) is 7.08. The van der Waals surface area contributed by atoms with Gasteiger partial charge in [0.25, 0.3) is 5.91 Å². The van der Waals surface area contributed by atoms with Crippen LogP contribution in [0, 0.1) is 12.7 Å². The van der Waals surface area contributed by atoms with Crippen LogP contribution in [0.5, 0.6) is 0 Å². The third-order valence-electron chi connectivity index (χ3n) is 5.58. The van der Waals surface area contributed by atoms with Gasteiger partial charge in [-0.2, -0.15) is 0 Å². The van der Waals surface area contributed by atoms with Crippen molar-refractivity contribution < 1.29 is 13.6 Å². The second-order valence-electron chi connectivity index (χ2n) is 7.63. The molecule has 29 heavy (non-hydrogen) atoms. The summed E-state index contributed by atoms with van der Waals surface area (Å²) in [6, 6.07) is 3.22. The number of oxazole rings is 1. The Kier molecular flexibility index (Phi) is 4.52. The lowest BCUT2D eigenvalue weighted by Gasteiger charge is -2.39. The highest BCUT2D eigenvalue weighted by molar-refractivity contribution is 7.51. The maximum atomic E-state index is 14.5. The summed E-state index contributed by atoms with van der Waals surface area (Å²) in [7, 11) is 2.46. The molecule has 1 saturated heterocycles. The van der Waals surface area contributed by atoms with Gasteiger partial charge < -0.3 is 19.1 Å². The van der Waals surface area contributed by atoms with Crippen molar-refractivity contribution in [2.45, 2.75) is 12.7 Å². The minimum absolute atomic E-state index is 0.0334. The van der Waals surface area contributed by atoms with Crippen molar-refractivity contribution in [2.75, 3.05) is 33.2 Å². The van der Waals surface area contributed by atoms with Crippen LogP contribution in [-0.4, -0.2) is 64.6 Å². The topological polar surface area (TPSA) is 52.8 Å². The summed E-state index contributed by atoms with van der Waals surface area (Å²) >= 11 is 0. The van der Waals surface area contributed by atoms with Crippen molar-refractivity contribution in [1.29, 1.82) is 0 Å². The number of hydrogen-bond acceptors (Lipinski definition) is 5. The summed E-state index contributed by atoms with van der Waals surface area (Å²) < 4.78 is 20.0. The van der Waals surface area contributed by atoms with Crippen LogP contribution in [0.4, 0.5) is 4.39 Å². The van der Waals surface area contributed by atoms with Crippen molar-refractivity contribution in [1.82, 2.24) is 19.7 Å². The molecule has 150 valence electrons. The van der Waals surface area contributed by atoms with Gasteiger partial charge in [-0.15, -0.1) is 0 Å². The molecule has 0 bridgehead atoms. The molecule has 3 aliphatic heterocycles. The summed E-state index contributed by atoms with van der Waals surface area (Å²) in [4.78, 5) is 23.4. The van der Waals surface area contributed by atoms with Gasteiger partial charge in [0.2, 0.25) is 0 Å². The molecule has 1 fully saturated rings. The van der Waals surface area contributed by atoms with Crippen LogP contribution in [0.2, 0.25) is 0 Å². The summed E-state index contributed by atoms with van der Waals surface area (Å²) in [6.45, 7) is 5.64. The molecule has 2 atom stereocenters. The number of carbonyl (C=O) groups excluding carboxylic acids is 1. The summed E-state index contributed by atoms with van der Waals surface area (Å²) in [5.74, 6) is -0.107. The number of allylic oxidation sites excluding steroid dienone is 1. The van der Waals surface area contributed by atoms with E-state index in [9.17, 15) is 9.18 Å². The Labute approximate surface area is 170 Å². The molecule has 0 aliphatic carbocycles. The van der Waals surface area contributed by atoms with Crippen molar-refractivity contribution in [3.05, 3.63) is 59.5 Å². The van der Waals surface area contributed by atoms with Gasteiger partial charge in [0.1, 0.15) is 5.52 Å². The Balaban J connectivity index is 1.42. The third kappa shape index (κ3) is 3.38. The lowest BCUT2D eigenvalue weighted by Crippen LogP contribution is -2.45. The fourth-order valence-electron chi connectivity index (χ4n) is 3.94. The average Bonchev–Trinajstić information content (AvgIpc) is 3.09. The zero-order valence-corrected chi connectivity index (χ0v) is 17.4. The van der Waals surface area contributed by atoms with Crippen molar-refractivity contribution in [2.24, 2.45) is 0 Å². The number of benzene rings is 1. The number of fused-ring (bicyclic) bond motifs is 2. The molecule has 4 heterocycles. The fourth-order valence-corrected chi connectivity index (χ4v) is 5.31. The predicted octanol–water partition coefficient (Wildman–Crippen LogP) is 3.12. The Hall–Kier alpha value is -2.50. The van der Waals surface area contributed by atoms with Gasteiger partial charge in [-0.3, -0.25) is 4.79 Å². The Morgan fingerprint density at radius 3 is 2.83 bits per heavy atom. The first-order valence-electron chi connectivity index (χ1n) is 9.69. The maximum Gasteiger partial charge on any atom is 0.252 e. The Morgan fingerprint density at radius 2 is 2.03 bits per heavy atom. The molecule has 2 unspecified atom stereocenters. The second-order valence-corrected chi connectivity index (χ2v) is 9.05. The number of hydrogen-bond donors (Lipinski definition) is 0. The fraction of sp³-hybridized carbons (Fsp3) is 0.333. The van der Waals surface area contributed by atoms with Crippen LogP contribution < -0.4 is 0 Å². The maximum absolute atomic E-state index is 14.5. The van der Waals surface area contributed by atoms with E-state index in [-0.39, 0.29) is 17.2 Å². The normalized spacial score (nSPS) is 23.6. The molecule has 0 N–H and O–H groups in total. The minimum atomic E-state index is -0.425. The number of carbonyl (C=O) groups is 1. The van der Waals surface area contributed by atoms with E-state index in [2.05, 4.69) is 34.0 Å². The van der Waals surface area contributed by atoms with Gasteiger partial charge >= 0.3 is 0 Å². The van der Waals surface area contributed by atoms with Crippen LogP contribution in [0.25, 0.3) is 16.4 Å². The first kappa shape index (κ1) is 18.5. The Bertz CT molecular complexity index is 1080. The molecule has 8 heteroatoms. The number of nitrogens with zero attached hydrogens (tertiary/aromatic N) is 4. The van der Waals surface area contributed by atoms with Crippen LogP contribution in [0.3, 0.4) is 0 Å². The van der Waals surface area contributed by atoms with E-state index in [1.807, 2.05) is 6.20 Å². The molecular formula is C21H22FN4O2P. The number of piperazine rings is 1. The number of amides is 1. The lowest BCUT2D eigenvalue weighted by molar-refractivity contribution is -0.123. The van der Waals surface area contributed by atoms with Crippen molar-refractivity contribution in [3.63, 3.8) is 0 Å². The van der Waals surface area contributed by atoms with Crippen LogP contribution in [-0.2, 0) is 4.79 Å². The molecule has 0 radical (unpaired) electrons. The highest BCUT2D eigenvalue weighted by Crippen LogP contribution is 2.45. The van der Waals surface area contributed by atoms with Gasteiger partial charge in [-0.1, -0.05) is 14.7 Å². The predicted molar refractivity (Wildman–Crippen MR) is 112 cm³/mol. The number of aryl methyl sites for hydroxylation is 1. The zero-order chi connectivity index (χ0) is 20.1. The summed E-state index contributed by atoms with van der Waals surface area (Å²) in [6.07, 6.45) is 7.78. The molecule has 5 rings (SSSR count). The molecule has 6 nitrogen and oxygen atoms in total. The molecule has 3 aliphatic rings. The minimum Gasteiger partial charge on any atom is -0.441 e. The summed E-state index contributed by atoms with van der Waals surface area (Å²) in [5.41, 5.74) is 2.40. The number of rotatable bonds is 2. The van der Waals surface area contributed by atoms with E-state index in [0.717, 1.165) is 37.2 Å². The van der Waals surface area contributed by atoms with Crippen molar-refractivity contribution in [3.8, 4) is 0 Å². The molecular weight excluding hydrogens is 390 g/mol. The monoisotopic (exact) mass is 412 g/mol. The summed E-state index contributed by atoms with van der Waals surface area (Å²) in [5, 5.41) is 0.840. The molecule has 2 aromatic rings. The van der Waals surface area contributed by atoms with Gasteiger partial charge in [-0.25, -0.2) is 9.37 Å². The molecule has 1 aromatic carbocycles. The standard InChI is InChI=1S/C21H22FN4O2P/c1-13-23-21-16(22)9-14(10-17(21)28-13)18-11-19(27)26-12-15(3-4-20(26)29-18)25-7-5-24(2)6-8-25/h3-4,9-12,20,29H,5-8H2,1-2H3. The van der Waals surface area contributed by atoms with E-state index >= 15 is 0 Å². The van der Waals surface area contributed by atoms with Gasteiger partial charge in [0.15, 0.2) is 17.3 Å². The van der Waals surface area contributed by atoms with E-state index < -0.39 is 5.82 Å². The van der Waals surface area contributed by atoms with Crippen LogP contribution >= 0.6 is 8.58 Å². The van der Waals surface area contributed by atoms with Crippen molar-refractivity contribution >= 4 is 30.9 Å². The SMILES string of the molecule is Cc1nc2c(F)cc(C3=CC(=O)N4C=C(N5CCN(C)CC5)C=CC4P3)cc2o1. The highest BCUT2D eigenvalue weighted by Gasteiger charge is 2.30. The number of likely N-dealkylation sites (N-methyl/N-ethyl adjacent to an activating group) is 1. The number of halogens is 1. The lowest BCUT2D eigenvalue weighted by atomic mass is 10.1. The molecule has 0 spiro atoms. The van der Waals surface area contributed by atoms with E-state index in [1.165, 1.54) is 6.07 Å². The Morgan fingerprint density at radius 1 is 1.24 bits per heavy atom. The first-order valence-corrected chi connectivity index (χ1v) is 10.8. The van der Waals surface area contributed by atoms with Gasteiger partial charge in [-0.05, 0) is 36.1 Å². The third-order valence-corrected chi connectivity index (χ3v) is 7.09. The zero-order valence-electron chi connectivity index (χ0n) is 16.4. The molecule has 1 amide bonds. The number of aromatic nitrogens is 1. The highest BCUT2D eigenvalue weighted by atomic mass is 31.1. The average molecular weight is 412 g/mol. The van der Waals surface area contributed by atoms with Gasteiger partial charge in [0.05, 0.1) is 11.5 Å². The quantitative estimate of drug-likeness (QED) is 0.710. The first-order chi connectivity index (χ1) is 14.0. The molecule has 1 aromatic heterocycles. The van der Waals surface area contributed by atoms with Gasteiger partial charge in [0, 0.05) is 45.4 Å². The smallest absolute Gasteiger partial charge is 0.252 e. The van der Waals surface area contributed by atoms with Crippen LogP contribution in [0.1, 0.15) is 11.5 Å². The van der Waals surface area contributed by atoms with E-state index in [1.54, 1.807) is 24.0 Å². The van der Waals surface area contributed by atoms with E-state index in [4.69, 9.17) is 4.42 Å². The largest absolute Gasteiger partial charge is 0.441 e. The van der Waals surface area contributed by atoms with E-state index in [0.29, 0.717) is 25.6 Å². The molecule has 0 saturated carbocycles.